The zero-order chi connectivity index (χ0) is 16.2. The molecule has 0 aliphatic rings. The van der Waals surface area contributed by atoms with Crippen LogP contribution in [0.5, 0.6) is 0 Å². The number of rotatable bonds is 8. The molecule has 0 aliphatic carbocycles. The molecule has 4 nitrogen and oxygen atoms in total. The van der Waals surface area contributed by atoms with E-state index in [0.29, 0.717) is 0 Å². The van der Waals surface area contributed by atoms with Gasteiger partial charge >= 0.3 is 40.8 Å². The van der Waals surface area contributed by atoms with E-state index in [4.69, 9.17) is 0 Å². The number of nitrogens with zero attached hydrogens (tertiary/aromatic N) is 4. The molecule has 0 aliphatic heterocycles. The summed E-state index contributed by atoms with van der Waals surface area (Å²) < 4.78 is 8.93. The van der Waals surface area contributed by atoms with Crippen LogP contribution in [0.1, 0.15) is 53.4 Å². The average Bonchev–Trinajstić information content (AvgIpc) is 3.12. The van der Waals surface area contributed by atoms with Crippen molar-refractivity contribution in [3.8, 4) is 0 Å². The van der Waals surface area contributed by atoms with E-state index >= 15 is 0 Å². The van der Waals surface area contributed by atoms with Gasteiger partial charge in [0.15, 0.2) is 0 Å². The van der Waals surface area contributed by atoms with Crippen LogP contribution in [-0.4, -0.2) is 9.13 Å². The fourth-order valence-electron chi connectivity index (χ4n) is 2.44. The second-order valence-corrected chi connectivity index (χ2v) is 5.78. The third-order valence-electron chi connectivity index (χ3n) is 3.42. The number of halogens is 6. The van der Waals surface area contributed by atoms with E-state index in [1.54, 1.807) is 0 Å². The van der Waals surface area contributed by atoms with Gasteiger partial charge in [0.1, 0.15) is 24.8 Å². The SMILES string of the molecule is CCCn1cc[n+](CCC)c1.CCCn1cc[n+](CCC)c1.[Br-].[Br-].[Br-].[Br-].[Br-].[Br-].[Pd+2].[Pd+2]. The smallest absolute Gasteiger partial charge is 1.00 e. The molecule has 0 unspecified atom stereocenters. The van der Waals surface area contributed by atoms with Gasteiger partial charge in [0, 0.05) is 0 Å². The number of aryl methyl sites for hydroxylation is 4. The molecular formula is C18H34Br6N4Pd2. The Morgan fingerprint density at radius 2 is 0.833 bits per heavy atom. The first-order chi connectivity index (χ1) is 10.7. The van der Waals surface area contributed by atoms with E-state index in [2.05, 4.69) is 83.4 Å². The maximum Gasteiger partial charge on any atom is 2.00 e. The van der Waals surface area contributed by atoms with Crippen molar-refractivity contribution in [1.29, 1.82) is 0 Å². The molecule has 2 aromatic rings. The first-order valence-corrected chi connectivity index (χ1v) is 8.83. The molecule has 2 rings (SSSR count). The Labute approximate surface area is 274 Å². The molecule has 2 aromatic heterocycles. The van der Waals surface area contributed by atoms with Gasteiger partial charge in [-0.25, -0.2) is 18.3 Å². The minimum atomic E-state index is 0. The molecule has 0 amide bonds. The number of hydrogen-bond donors (Lipinski definition) is 0. The van der Waals surface area contributed by atoms with Crippen molar-refractivity contribution in [2.75, 3.05) is 0 Å². The van der Waals surface area contributed by atoms with E-state index in [1.807, 2.05) is 0 Å². The van der Waals surface area contributed by atoms with E-state index in [1.165, 1.54) is 25.7 Å². The Balaban J connectivity index is -0.0000000425. The molecule has 0 spiro atoms. The van der Waals surface area contributed by atoms with E-state index in [0.717, 1.165) is 26.2 Å². The second-order valence-electron chi connectivity index (χ2n) is 5.78. The van der Waals surface area contributed by atoms with Gasteiger partial charge in [-0.05, 0) is 25.7 Å². The van der Waals surface area contributed by atoms with Crippen LogP contribution in [0.2, 0.25) is 0 Å². The van der Waals surface area contributed by atoms with Crippen LogP contribution < -0.4 is 111 Å². The van der Waals surface area contributed by atoms with Crippen molar-refractivity contribution in [1.82, 2.24) is 9.13 Å². The topological polar surface area (TPSA) is 17.6 Å². The molecule has 0 saturated carbocycles. The van der Waals surface area contributed by atoms with Crippen LogP contribution in [0.3, 0.4) is 0 Å². The van der Waals surface area contributed by atoms with Crippen molar-refractivity contribution in [3.05, 3.63) is 37.4 Å². The molecule has 0 radical (unpaired) electrons. The third kappa shape index (κ3) is 25.3. The predicted octanol–water partition coefficient (Wildman–Crippen LogP) is -14.8. The Kier molecular flexibility index (Phi) is 64.9. The number of hydrogen-bond acceptors (Lipinski definition) is 0. The molecule has 0 saturated heterocycles. The standard InChI is InChI=1S/2C9H17N2.6BrH.2Pd/c2*1-3-5-10-7-8-11(9-10)6-4-2;;;;;;;;/h2*7-9H,3-6H2,1-2H3;6*1H;;/q2*+1;;;;;;;2*+2/p-6. The van der Waals surface area contributed by atoms with Gasteiger partial charge in [-0.2, -0.15) is 0 Å². The van der Waals surface area contributed by atoms with Gasteiger partial charge in [-0.15, -0.1) is 0 Å². The predicted molar refractivity (Wildman–Crippen MR) is 90.4 cm³/mol. The Morgan fingerprint density at radius 1 is 0.533 bits per heavy atom. The maximum atomic E-state index is 2.23. The van der Waals surface area contributed by atoms with Crippen molar-refractivity contribution < 1.29 is 152 Å². The molecule has 2 heterocycles. The van der Waals surface area contributed by atoms with Gasteiger partial charge in [0.05, 0.1) is 26.2 Å². The maximum absolute atomic E-state index is 2.23. The monoisotopic (exact) mass is 992 g/mol. The minimum Gasteiger partial charge on any atom is -1.00 e. The summed E-state index contributed by atoms with van der Waals surface area (Å²) in [7, 11) is 0. The van der Waals surface area contributed by atoms with Gasteiger partial charge in [-0.1, -0.05) is 27.7 Å². The van der Waals surface area contributed by atoms with Crippen LogP contribution in [-0.2, 0) is 67.0 Å². The first kappa shape index (κ1) is 53.8. The summed E-state index contributed by atoms with van der Waals surface area (Å²) >= 11 is 0. The Hall–Kier alpha value is 2.62. The van der Waals surface area contributed by atoms with Gasteiger partial charge in [0.2, 0.25) is 12.7 Å². The second kappa shape index (κ2) is 36.2. The Morgan fingerprint density at radius 3 is 1.07 bits per heavy atom. The number of aromatic nitrogens is 4. The normalized spacial score (nSPS) is 7.60. The molecular weight excluding hydrogens is 964 g/mol. The molecule has 0 N–H and O–H groups in total. The van der Waals surface area contributed by atoms with E-state index < -0.39 is 0 Å². The van der Waals surface area contributed by atoms with Crippen LogP contribution in [0.15, 0.2) is 37.4 Å². The summed E-state index contributed by atoms with van der Waals surface area (Å²) in [6.45, 7) is 13.3. The molecule has 0 bridgehead atoms. The van der Waals surface area contributed by atoms with Crippen molar-refractivity contribution in [3.63, 3.8) is 0 Å². The van der Waals surface area contributed by atoms with E-state index in [-0.39, 0.29) is 143 Å². The summed E-state index contributed by atoms with van der Waals surface area (Å²) in [5, 5.41) is 0. The van der Waals surface area contributed by atoms with Crippen LogP contribution in [0.25, 0.3) is 0 Å². The van der Waals surface area contributed by atoms with Gasteiger partial charge in [-0.3, -0.25) is 0 Å². The molecule has 30 heavy (non-hydrogen) atoms. The quantitative estimate of drug-likeness (QED) is 0.185. The third-order valence-corrected chi connectivity index (χ3v) is 3.42. The fourth-order valence-corrected chi connectivity index (χ4v) is 2.44. The summed E-state index contributed by atoms with van der Waals surface area (Å²) in [6.07, 6.45) is 17.7. The van der Waals surface area contributed by atoms with Crippen LogP contribution >= 0.6 is 0 Å². The zero-order valence-electron chi connectivity index (χ0n) is 17.8. The first-order valence-electron chi connectivity index (χ1n) is 8.83. The largest absolute Gasteiger partial charge is 2.00 e. The van der Waals surface area contributed by atoms with E-state index in [9.17, 15) is 0 Å². The summed E-state index contributed by atoms with van der Waals surface area (Å²) in [5.41, 5.74) is 0. The molecule has 188 valence electrons. The minimum absolute atomic E-state index is 0. The molecule has 0 fully saturated rings. The van der Waals surface area contributed by atoms with Gasteiger partial charge < -0.3 is 102 Å². The summed E-state index contributed by atoms with van der Waals surface area (Å²) in [6, 6.07) is 0. The Bertz CT molecular complexity index is 443. The molecule has 0 aromatic carbocycles. The van der Waals surface area contributed by atoms with Crippen LogP contribution in [0.4, 0.5) is 0 Å². The van der Waals surface area contributed by atoms with Gasteiger partial charge in [0.25, 0.3) is 0 Å². The van der Waals surface area contributed by atoms with Crippen molar-refractivity contribution >= 4 is 0 Å². The number of imidazole rings is 2. The average molecular weight is 999 g/mol. The van der Waals surface area contributed by atoms with Crippen LogP contribution in [0, 0.1) is 0 Å². The van der Waals surface area contributed by atoms with Crippen molar-refractivity contribution in [2.24, 2.45) is 0 Å². The summed E-state index contributed by atoms with van der Waals surface area (Å²) in [4.78, 5) is 0. The molecule has 12 heteroatoms. The zero-order valence-corrected chi connectivity index (χ0v) is 30.4. The molecule has 0 atom stereocenters. The van der Waals surface area contributed by atoms with Crippen molar-refractivity contribution in [2.45, 2.75) is 79.6 Å². The summed E-state index contributed by atoms with van der Waals surface area (Å²) in [5.74, 6) is 0. The fraction of sp³-hybridized carbons (Fsp3) is 0.667.